The molecule has 0 bridgehead atoms. The van der Waals surface area contributed by atoms with E-state index in [-0.39, 0.29) is 19.0 Å². The van der Waals surface area contributed by atoms with Gasteiger partial charge in [0.25, 0.3) is 6.47 Å². The van der Waals surface area contributed by atoms with E-state index in [1.165, 1.54) is 0 Å². The summed E-state index contributed by atoms with van der Waals surface area (Å²) in [7, 11) is 0. The molecule has 0 fully saturated rings. The van der Waals surface area contributed by atoms with Crippen molar-refractivity contribution in [1.29, 1.82) is 0 Å². The maximum absolute atomic E-state index is 11.5. The minimum Gasteiger partial charge on any atom is -0.508 e. The van der Waals surface area contributed by atoms with Gasteiger partial charge in [-0.2, -0.15) is 0 Å². The summed E-state index contributed by atoms with van der Waals surface area (Å²) < 4.78 is 14.7. The Morgan fingerprint density at radius 3 is 1.88 bits per heavy atom. The summed E-state index contributed by atoms with van der Waals surface area (Å²) in [6, 6.07) is 13.6. The summed E-state index contributed by atoms with van der Waals surface area (Å²) in [5, 5.41) is 9.18. The third-order valence-corrected chi connectivity index (χ3v) is 3.27. The molecule has 0 radical (unpaired) electrons. The minimum absolute atomic E-state index is 0.199. The Morgan fingerprint density at radius 1 is 0.875 bits per heavy atom. The first-order valence-corrected chi connectivity index (χ1v) is 7.44. The van der Waals surface area contributed by atoms with Crippen LogP contribution < -0.4 is 4.74 Å². The normalized spacial score (nSPS) is 10.0. The molecular weight excluding hydrogens is 312 g/mol. The van der Waals surface area contributed by atoms with Crippen molar-refractivity contribution in [2.75, 3.05) is 13.2 Å². The van der Waals surface area contributed by atoms with E-state index in [9.17, 15) is 14.7 Å². The molecule has 0 unspecified atom stereocenters. The Morgan fingerprint density at radius 2 is 1.38 bits per heavy atom. The number of rotatable bonds is 8. The van der Waals surface area contributed by atoms with Crippen LogP contribution in [0.25, 0.3) is 0 Å². The van der Waals surface area contributed by atoms with E-state index < -0.39 is 6.16 Å². The molecule has 0 atom stereocenters. The molecule has 2 aromatic rings. The van der Waals surface area contributed by atoms with E-state index in [0.29, 0.717) is 25.1 Å². The summed E-state index contributed by atoms with van der Waals surface area (Å²) in [6.07, 6.45) is 0.372. The second-order valence-corrected chi connectivity index (χ2v) is 4.97. The van der Waals surface area contributed by atoms with E-state index in [1.54, 1.807) is 48.5 Å². The third kappa shape index (κ3) is 6.00. The summed E-state index contributed by atoms with van der Waals surface area (Å²) in [6.45, 7) is 0.777. The van der Waals surface area contributed by atoms with Gasteiger partial charge in [0.2, 0.25) is 0 Å². The molecule has 6 heteroatoms. The van der Waals surface area contributed by atoms with Crippen molar-refractivity contribution in [1.82, 2.24) is 0 Å². The van der Waals surface area contributed by atoms with Gasteiger partial charge >= 0.3 is 6.16 Å². The summed E-state index contributed by atoms with van der Waals surface area (Å²) in [5.41, 5.74) is 1.91. The maximum Gasteiger partial charge on any atom is 0.508 e. The number of carbonyl (C=O) groups excluding carboxylic acids is 2. The molecule has 0 aromatic heterocycles. The van der Waals surface area contributed by atoms with E-state index in [1.807, 2.05) is 0 Å². The molecule has 0 spiro atoms. The number of phenols is 1. The molecule has 0 aliphatic rings. The number of carbonyl (C=O) groups is 2. The second kappa shape index (κ2) is 9.19. The standard InChI is InChI=1S/C18H18O6/c19-13-24-17-7-3-15(4-8-17)10-12-23-18(21)22-11-9-14-1-5-16(20)6-2-14/h1-8,13,20H,9-12H2. The van der Waals surface area contributed by atoms with Crippen LogP contribution in [-0.2, 0) is 27.1 Å². The van der Waals surface area contributed by atoms with Crippen molar-refractivity contribution in [2.24, 2.45) is 0 Å². The SMILES string of the molecule is O=COc1ccc(CCOC(=O)OCCc2ccc(O)cc2)cc1. The summed E-state index contributed by atoms with van der Waals surface area (Å²) >= 11 is 0. The lowest BCUT2D eigenvalue weighted by Gasteiger charge is -2.07. The Bertz CT molecular complexity index is 648. The molecule has 126 valence electrons. The number of phenolic OH excluding ortho intramolecular Hbond substituents is 1. The first-order chi connectivity index (χ1) is 11.7. The fourth-order valence-electron chi connectivity index (χ4n) is 2.00. The van der Waals surface area contributed by atoms with Crippen molar-refractivity contribution in [3.63, 3.8) is 0 Å². The van der Waals surface area contributed by atoms with Crippen LogP contribution in [0.1, 0.15) is 11.1 Å². The Kier molecular flexibility index (Phi) is 6.64. The molecular formula is C18H18O6. The van der Waals surface area contributed by atoms with Gasteiger partial charge in [-0.25, -0.2) is 4.79 Å². The lowest BCUT2D eigenvalue weighted by atomic mass is 10.1. The van der Waals surface area contributed by atoms with Crippen LogP contribution >= 0.6 is 0 Å². The number of ether oxygens (including phenoxy) is 3. The van der Waals surface area contributed by atoms with Gasteiger partial charge in [-0.1, -0.05) is 24.3 Å². The largest absolute Gasteiger partial charge is 0.508 e. The average Bonchev–Trinajstić information content (AvgIpc) is 2.58. The van der Waals surface area contributed by atoms with Crippen molar-refractivity contribution in [3.8, 4) is 11.5 Å². The quantitative estimate of drug-likeness (QED) is 0.592. The maximum atomic E-state index is 11.5. The molecule has 0 aliphatic carbocycles. The van der Waals surface area contributed by atoms with Crippen LogP contribution in [0.2, 0.25) is 0 Å². The van der Waals surface area contributed by atoms with Gasteiger partial charge in [-0.3, -0.25) is 4.79 Å². The zero-order valence-electron chi connectivity index (χ0n) is 13.0. The second-order valence-electron chi connectivity index (χ2n) is 4.97. The smallest absolute Gasteiger partial charge is 0.508 e. The molecule has 24 heavy (non-hydrogen) atoms. The third-order valence-electron chi connectivity index (χ3n) is 3.27. The minimum atomic E-state index is -0.713. The summed E-state index contributed by atoms with van der Waals surface area (Å²) in [4.78, 5) is 21.7. The van der Waals surface area contributed by atoms with Crippen LogP contribution in [0.3, 0.4) is 0 Å². The van der Waals surface area contributed by atoms with Gasteiger partial charge < -0.3 is 19.3 Å². The molecule has 2 aromatic carbocycles. The highest BCUT2D eigenvalue weighted by molar-refractivity contribution is 5.59. The van der Waals surface area contributed by atoms with E-state index in [0.717, 1.165) is 11.1 Å². The van der Waals surface area contributed by atoms with Crippen LogP contribution in [0.4, 0.5) is 4.79 Å². The number of aromatic hydroxyl groups is 1. The molecule has 1 N–H and O–H groups in total. The number of hydrogen-bond acceptors (Lipinski definition) is 6. The Labute approximate surface area is 139 Å². The molecule has 0 saturated heterocycles. The Balaban J connectivity index is 1.62. The molecule has 6 nitrogen and oxygen atoms in total. The fraction of sp³-hybridized carbons (Fsp3) is 0.222. The predicted molar refractivity (Wildman–Crippen MR) is 85.9 cm³/mol. The Hall–Kier alpha value is -3.02. The molecule has 0 amide bonds. The monoisotopic (exact) mass is 330 g/mol. The highest BCUT2D eigenvalue weighted by Gasteiger charge is 2.04. The van der Waals surface area contributed by atoms with Crippen molar-refractivity contribution >= 4 is 12.6 Å². The van der Waals surface area contributed by atoms with Crippen LogP contribution in [0, 0.1) is 0 Å². The van der Waals surface area contributed by atoms with E-state index in [4.69, 9.17) is 14.2 Å². The van der Waals surface area contributed by atoms with Crippen LogP contribution in [0.5, 0.6) is 11.5 Å². The number of benzene rings is 2. The highest BCUT2D eigenvalue weighted by atomic mass is 16.7. The lowest BCUT2D eigenvalue weighted by Crippen LogP contribution is -2.11. The van der Waals surface area contributed by atoms with Crippen LogP contribution in [0.15, 0.2) is 48.5 Å². The molecule has 0 aliphatic heterocycles. The van der Waals surface area contributed by atoms with Gasteiger partial charge in [-0.05, 0) is 35.4 Å². The van der Waals surface area contributed by atoms with E-state index in [2.05, 4.69) is 0 Å². The fourth-order valence-corrected chi connectivity index (χ4v) is 2.00. The van der Waals surface area contributed by atoms with Gasteiger partial charge in [0.15, 0.2) is 0 Å². The lowest BCUT2D eigenvalue weighted by molar-refractivity contribution is -0.120. The van der Waals surface area contributed by atoms with Gasteiger partial charge in [0, 0.05) is 12.8 Å². The summed E-state index contributed by atoms with van der Waals surface area (Å²) in [5.74, 6) is 0.660. The zero-order chi connectivity index (χ0) is 17.2. The first kappa shape index (κ1) is 17.3. The van der Waals surface area contributed by atoms with Gasteiger partial charge in [0.05, 0.1) is 13.2 Å². The molecule has 0 heterocycles. The predicted octanol–water partition coefficient (Wildman–Crippen LogP) is 2.87. The zero-order valence-corrected chi connectivity index (χ0v) is 13.0. The number of hydrogen-bond donors (Lipinski definition) is 1. The first-order valence-electron chi connectivity index (χ1n) is 7.44. The highest BCUT2D eigenvalue weighted by Crippen LogP contribution is 2.12. The van der Waals surface area contributed by atoms with Crippen molar-refractivity contribution in [3.05, 3.63) is 59.7 Å². The van der Waals surface area contributed by atoms with Crippen molar-refractivity contribution < 1.29 is 28.9 Å². The topological polar surface area (TPSA) is 82.1 Å². The molecule has 0 saturated carbocycles. The van der Waals surface area contributed by atoms with Gasteiger partial charge in [-0.15, -0.1) is 0 Å². The molecule has 2 rings (SSSR count). The van der Waals surface area contributed by atoms with Crippen molar-refractivity contribution in [2.45, 2.75) is 12.8 Å². The van der Waals surface area contributed by atoms with E-state index >= 15 is 0 Å². The van der Waals surface area contributed by atoms with Gasteiger partial charge in [0.1, 0.15) is 11.5 Å². The van der Waals surface area contributed by atoms with Crippen LogP contribution in [-0.4, -0.2) is 30.9 Å². The average molecular weight is 330 g/mol.